The lowest BCUT2D eigenvalue weighted by Crippen LogP contribution is -2.42. The highest BCUT2D eigenvalue weighted by Gasteiger charge is 2.42. The number of carboxylic acids is 1. The van der Waals surface area contributed by atoms with E-state index in [1.165, 1.54) is 0 Å². The zero-order chi connectivity index (χ0) is 14.0. The molecule has 0 aromatic carbocycles. The van der Waals surface area contributed by atoms with Crippen LogP contribution < -0.4 is 5.32 Å². The molecule has 0 saturated heterocycles. The lowest BCUT2D eigenvalue weighted by atomic mass is 9.94. The van der Waals surface area contributed by atoms with E-state index in [4.69, 9.17) is 5.26 Å². The fraction of sp³-hybridized carbons (Fsp3) is 0.786. The quantitative estimate of drug-likeness (QED) is 0.809. The summed E-state index contributed by atoms with van der Waals surface area (Å²) in [6.45, 7) is 1.98. The number of nitrogens with one attached hydrogen (secondary N) is 1. The van der Waals surface area contributed by atoms with Gasteiger partial charge in [0.05, 0.1) is 23.8 Å². The smallest absolute Gasteiger partial charge is 0.307 e. The SMILES string of the molecule is CC1C[C@H](C(=O)NC2CCCC2C#N)[C@H](C(=O)O)C1. The molecule has 0 bridgehead atoms. The predicted molar refractivity (Wildman–Crippen MR) is 67.9 cm³/mol. The molecular weight excluding hydrogens is 244 g/mol. The second-order valence-corrected chi connectivity index (χ2v) is 5.91. The number of amides is 1. The first-order chi connectivity index (χ1) is 9.02. The van der Waals surface area contributed by atoms with E-state index in [2.05, 4.69) is 11.4 Å². The van der Waals surface area contributed by atoms with Gasteiger partial charge >= 0.3 is 5.97 Å². The largest absolute Gasteiger partial charge is 0.481 e. The van der Waals surface area contributed by atoms with E-state index in [0.717, 1.165) is 19.3 Å². The van der Waals surface area contributed by atoms with E-state index in [1.807, 2.05) is 6.92 Å². The summed E-state index contributed by atoms with van der Waals surface area (Å²) in [5, 5.41) is 21.1. The lowest BCUT2D eigenvalue weighted by molar-refractivity contribution is -0.146. The number of hydrogen-bond acceptors (Lipinski definition) is 3. The maximum atomic E-state index is 12.2. The van der Waals surface area contributed by atoms with Crippen LogP contribution in [0.1, 0.15) is 39.0 Å². The number of rotatable bonds is 3. The average Bonchev–Trinajstić information content (AvgIpc) is 2.95. The Morgan fingerprint density at radius 3 is 2.58 bits per heavy atom. The molecule has 0 radical (unpaired) electrons. The summed E-state index contributed by atoms with van der Waals surface area (Å²) >= 11 is 0. The van der Waals surface area contributed by atoms with Crippen molar-refractivity contribution in [3.05, 3.63) is 0 Å². The second kappa shape index (κ2) is 5.60. The molecule has 0 aromatic rings. The summed E-state index contributed by atoms with van der Waals surface area (Å²) in [5.41, 5.74) is 0. The molecule has 5 atom stereocenters. The van der Waals surface area contributed by atoms with Crippen molar-refractivity contribution in [2.45, 2.75) is 45.1 Å². The van der Waals surface area contributed by atoms with Crippen molar-refractivity contribution in [2.24, 2.45) is 23.7 Å². The standard InChI is InChI=1S/C14H20N2O3/c1-8-5-10(11(6-8)14(18)19)13(17)16-12-4-2-3-9(12)7-15/h8-12H,2-6H2,1H3,(H,16,17)(H,18,19)/t8?,9?,10-,11+,12?/m0/s1. The number of aliphatic carboxylic acids is 1. The highest BCUT2D eigenvalue weighted by molar-refractivity contribution is 5.85. The Bertz CT molecular complexity index is 415. The van der Waals surface area contributed by atoms with Crippen molar-refractivity contribution < 1.29 is 14.7 Å². The zero-order valence-corrected chi connectivity index (χ0v) is 11.1. The summed E-state index contributed by atoms with van der Waals surface area (Å²) < 4.78 is 0. The molecule has 2 aliphatic carbocycles. The number of carbonyl (C=O) groups excluding carboxylic acids is 1. The van der Waals surface area contributed by atoms with E-state index in [9.17, 15) is 14.7 Å². The van der Waals surface area contributed by atoms with Crippen molar-refractivity contribution in [2.75, 3.05) is 0 Å². The number of nitrogens with zero attached hydrogens (tertiary/aromatic N) is 1. The van der Waals surface area contributed by atoms with Gasteiger partial charge in [-0.05, 0) is 38.0 Å². The molecule has 0 heterocycles. The maximum absolute atomic E-state index is 12.2. The summed E-state index contributed by atoms with van der Waals surface area (Å²) in [7, 11) is 0. The first-order valence-electron chi connectivity index (χ1n) is 6.95. The van der Waals surface area contributed by atoms with E-state index < -0.39 is 17.8 Å². The number of carboxylic acid groups (broad SMARTS) is 1. The fourth-order valence-corrected chi connectivity index (χ4v) is 3.43. The van der Waals surface area contributed by atoms with Crippen LogP contribution in [0.2, 0.25) is 0 Å². The third kappa shape index (κ3) is 2.89. The van der Waals surface area contributed by atoms with Crippen LogP contribution in [0.4, 0.5) is 0 Å². The van der Waals surface area contributed by atoms with Crippen molar-refractivity contribution in [3.63, 3.8) is 0 Å². The van der Waals surface area contributed by atoms with Crippen LogP contribution in [-0.4, -0.2) is 23.0 Å². The Kier molecular flexibility index (Phi) is 4.08. The highest BCUT2D eigenvalue weighted by Crippen LogP contribution is 2.37. The first-order valence-corrected chi connectivity index (χ1v) is 6.95. The van der Waals surface area contributed by atoms with Gasteiger partial charge in [0, 0.05) is 6.04 Å². The normalized spacial score (nSPS) is 37.8. The van der Waals surface area contributed by atoms with E-state index in [-0.39, 0.29) is 23.8 Å². The van der Waals surface area contributed by atoms with Crippen molar-refractivity contribution in [1.82, 2.24) is 5.32 Å². The monoisotopic (exact) mass is 264 g/mol. The molecule has 0 spiro atoms. The Morgan fingerprint density at radius 1 is 1.26 bits per heavy atom. The van der Waals surface area contributed by atoms with Crippen LogP contribution in [0.5, 0.6) is 0 Å². The third-order valence-corrected chi connectivity index (χ3v) is 4.46. The zero-order valence-electron chi connectivity index (χ0n) is 11.1. The number of carbonyl (C=O) groups is 2. The Labute approximate surface area is 113 Å². The summed E-state index contributed by atoms with van der Waals surface area (Å²) in [6.07, 6.45) is 3.80. The van der Waals surface area contributed by atoms with Crippen LogP contribution >= 0.6 is 0 Å². The third-order valence-electron chi connectivity index (χ3n) is 4.46. The van der Waals surface area contributed by atoms with Crippen molar-refractivity contribution in [1.29, 1.82) is 5.26 Å². The van der Waals surface area contributed by atoms with Gasteiger partial charge in [-0.25, -0.2) is 0 Å². The van der Waals surface area contributed by atoms with Gasteiger partial charge in [0.25, 0.3) is 0 Å². The summed E-state index contributed by atoms with van der Waals surface area (Å²) in [6, 6.07) is 2.13. The molecule has 1 amide bonds. The molecule has 19 heavy (non-hydrogen) atoms. The van der Waals surface area contributed by atoms with Crippen molar-refractivity contribution in [3.8, 4) is 6.07 Å². The predicted octanol–water partition coefficient (Wildman–Crippen LogP) is 1.54. The van der Waals surface area contributed by atoms with E-state index >= 15 is 0 Å². The fourth-order valence-electron chi connectivity index (χ4n) is 3.43. The minimum absolute atomic E-state index is 0.0946. The van der Waals surface area contributed by atoms with Gasteiger partial charge in [0.1, 0.15) is 0 Å². The van der Waals surface area contributed by atoms with Crippen LogP contribution in [0, 0.1) is 35.0 Å². The minimum atomic E-state index is -0.882. The van der Waals surface area contributed by atoms with Gasteiger partial charge in [-0.3, -0.25) is 9.59 Å². The lowest BCUT2D eigenvalue weighted by Gasteiger charge is -2.20. The molecule has 0 aliphatic heterocycles. The van der Waals surface area contributed by atoms with E-state index in [0.29, 0.717) is 12.8 Å². The Balaban J connectivity index is 1.99. The van der Waals surface area contributed by atoms with Gasteiger partial charge in [-0.1, -0.05) is 6.92 Å². The van der Waals surface area contributed by atoms with Gasteiger partial charge in [-0.15, -0.1) is 0 Å². The number of hydrogen-bond donors (Lipinski definition) is 2. The van der Waals surface area contributed by atoms with Crippen molar-refractivity contribution >= 4 is 11.9 Å². The van der Waals surface area contributed by atoms with Crippen LogP contribution in [0.25, 0.3) is 0 Å². The van der Waals surface area contributed by atoms with Gasteiger partial charge in [-0.2, -0.15) is 5.26 Å². The number of nitriles is 1. The Hall–Kier alpha value is -1.57. The molecule has 2 rings (SSSR count). The molecular formula is C14H20N2O3. The minimum Gasteiger partial charge on any atom is -0.481 e. The molecule has 2 saturated carbocycles. The maximum Gasteiger partial charge on any atom is 0.307 e. The highest BCUT2D eigenvalue weighted by atomic mass is 16.4. The summed E-state index contributed by atoms with van der Waals surface area (Å²) in [5.74, 6) is -1.92. The second-order valence-electron chi connectivity index (χ2n) is 5.91. The molecule has 3 unspecified atom stereocenters. The van der Waals surface area contributed by atoms with Gasteiger partial charge in [0.15, 0.2) is 0 Å². The van der Waals surface area contributed by atoms with E-state index in [1.54, 1.807) is 0 Å². The van der Waals surface area contributed by atoms with Crippen LogP contribution in [0.15, 0.2) is 0 Å². The van der Waals surface area contributed by atoms with Crippen LogP contribution in [0.3, 0.4) is 0 Å². The average molecular weight is 264 g/mol. The van der Waals surface area contributed by atoms with Crippen LogP contribution in [-0.2, 0) is 9.59 Å². The molecule has 2 fully saturated rings. The summed E-state index contributed by atoms with van der Waals surface area (Å²) in [4.78, 5) is 23.4. The Morgan fingerprint density at radius 2 is 1.95 bits per heavy atom. The van der Waals surface area contributed by atoms with Gasteiger partial charge < -0.3 is 10.4 Å². The molecule has 2 N–H and O–H groups in total. The molecule has 0 aromatic heterocycles. The molecule has 5 nitrogen and oxygen atoms in total. The topological polar surface area (TPSA) is 90.2 Å². The molecule has 5 heteroatoms. The molecule has 2 aliphatic rings. The van der Waals surface area contributed by atoms with Gasteiger partial charge in [0.2, 0.25) is 5.91 Å². The molecule has 104 valence electrons. The first kappa shape index (κ1) is 13.9.